The molecule has 0 radical (unpaired) electrons. The molecule has 1 aromatic heterocycles. The highest BCUT2D eigenvalue weighted by atomic mass is 32.2. The van der Waals surface area contributed by atoms with Crippen molar-refractivity contribution in [3.63, 3.8) is 0 Å². The number of benzene rings is 1. The van der Waals surface area contributed by atoms with Crippen molar-refractivity contribution in [2.75, 3.05) is 31.5 Å². The molecule has 10 heteroatoms. The number of piperazine rings is 1. The summed E-state index contributed by atoms with van der Waals surface area (Å²) in [5, 5.41) is 2.67. The Kier molecular flexibility index (Phi) is 5.09. The van der Waals surface area contributed by atoms with Crippen LogP contribution in [0, 0.1) is 6.92 Å². The standard InChI is InChI=1S/C19H21N3O5S2/c1-12-3-6-17(28-12)19(24)21-7-9-22(10-8-21)29(25,26)14-4-5-16-15(11-14)20-18(23)13(2)27-16/h3-6,11,13H,7-10H2,1-2H3,(H,20,23). The zero-order valence-corrected chi connectivity index (χ0v) is 17.7. The minimum absolute atomic E-state index is 0.0668. The van der Waals surface area contributed by atoms with Crippen molar-refractivity contribution in [1.82, 2.24) is 9.21 Å². The van der Waals surface area contributed by atoms with Gasteiger partial charge in [-0.05, 0) is 44.2 Å². The zero-order valence-electron chi connectivity index (χ0n) is 16.0. The second-order valence-corrected chi connectivity index (χ2v) is 10.2. The normalized spacial score (nSPS) is 20.0. The fraction of sp³-hybridized carbons (Fsp3) is 0.368. The third kappa shape index (κ3) is 3.75. The molecule has 1 saturated heterocycles. The van der Waals surface area contributed by atoms with Gasteiger partial charge in [0.1, 0.15) is 5.75 Å². The first-order valence-corrected chi connectivity index (χ1v) is 11.5. The van der Waals surface area contributed by atoms with E-state index >= 15 is 0 Å². The van der Waals surface area contributed by atoms with Gasteiger partial charge in [-0.3, -0.25) is 9.59 Å². The number of fused-ring (bicyclic) bond motifs is 1. The van der Waals surface area contributed by atoms with Crippen molar-refractivity contribution in [3.8, 4) is 5.75 Å². The minimum atomic E-state index is -3.75. The average Bonchev–Trinajstić information content (AvgIpc) is 3.14. The highest BCUT2D eigenvalue weighted by molar-refractivity contribution is 7.89. The van der Waals surface area contributed by atoms with E-state index in [1.54, 1.807) is 24.0 Å². The molecule has 0 saturated carbocycles. The lowest BCUT2D eigenvalue weighted by Crippen LogP contribution is -2.50. The Morgan fingerprint density at radius 1 is 1.17 bits per heavy atom. The quantitative estimate of drug-likeness (QED) is 0.795. The van der Waals surface area contributed by atoms with Crippen LogP contribution in [0.25, 0.3) is 0 Å². The summed E-state index contributed by atoms with van der Waals surface area (Å²) in [5.41, 5.74) is 0.344. The maximum absolute atomic E-state index is 13.0. The summed E-state index contributed by atoms with van der Waals surface area (Å²) in [6.45, 7) is 4.67. The molecule has 1 atom stereocenters. The van der Waals surface area contributed by atoms with Crippen LogP contribution >= 0.6 is 11.3 Å². The molecule has 3 heterocycles. The van der Waals surface area contributed by atoms with Crippen LogP contribution in [0.5, 0.6) is 5.75 Å². The number of amides is 2. The number of carbonyl (C=O) groups is 2. The highest BCUT2D eigenvalue weighted by Gasteiger charge is 2.32. The van der Waals surface area contributed by atoms with E-state index in [1.807, 2.05) is 13.0 Å². The molecular formula is C19H21N3O5S2. The van der Waals surface area contributed by atoms with Gasteiger partial charge in [0.15, 0.2) is 6.10 Å². The number of sulfonamides is 1. The first-order valence-electron chi connectivity index (χ1n) is 9.23. The molecule has 0 bridgehead atoms. The molecule has 154 valence electrons. The lowest BCUT2D eigenvalue weighted by atomic mass is 10.2. The molecule has 2 amide bonds. The zero-order chi connectivity index (χ0) is 20.8. The van der Waals surface area contributed by atoms with Gasteiger partial charge in [0.2, 0.25) is 10.0 Å². The van der Waals surface area contributed by atoms with E-state index in [1.165, 1.54) is 27.8 Å². The fourth-order valence-electron chi connectivity index (χ4n) is 3.33. The maximum atomic E-state index is 13.0. The van der Waals surface area contributed by atoms with E-state index in [4.69, 9.17) is 4.74 Å². The number of anilines is 1. The van der Waals surface area contributed by atoms with Gasteiger partial charge in [-0.25, -0.2) is 8.42 Å². The second-order valence-electron chi connectivity index (χ2n) is 7.01. The summed E-state index contributed by atoms with van der Waals surface area (Å²) in [6.07, 6.45) is -0.622. The first-order chi connectivity index (χ1) is 13.8. The third-order valence-corrected chi connectivity index (χ3v) is 7.88. The van der Waals surface area contributed by atoms with Crippen molar-refractivity contribution >= 4 is 38.9 Å². The van der Waals surface area contributed by atoms with Crippen molar-refractivity contribution in [2.24, 2.45) is 0 Å². The van der Waals surface area contributed by atoms with E-state index in [9.17, 15) is 18.0 Å². The summed E-state index contributed by atoms with van der Waals surface area (Å²) in [5.74, 6) is 0.0589. The smallest absolute Gasteiger partial charge is 0.265 e. The Morgan fingerprint density at radius 2 is 1.90 bits per heavy atom. The van der Waals surface area contributed by atoms with Gasteiger partial charge in [-0.2, -0.15) is 4.31 Å². The van der Waals surface area contributed by atoms with Gasteiger partial charge >= 0.3 is 0 Å². The van der Waals surface area contributed by atoms with Crippen LogP contribution in [0.4, 0.5) is 5.69 Å². The number of rotatable bonds is 3. The van der Waals surface area contributed by atoms with Gasteiger partial charge in [-0.1, -0.05) is 0 Å². The monoisotopic (exact) mass is 435 g/mol. The average molecular weight is 436 g/mol. The van der Waals surface area contributed by atoms with Crippen LogP contribution in [0.1, 0.15) is 21.5 Å². The molecule has 8 nitrogen and oxygen atoms in total. The minimum Gasteiger partial charge on any atom is -0.479 e. The Hall–Kier alpha value is -2.43. The van der Waals surface area contributed by atoms with Crippen LogP contribution in [-0.4, -0.2) is 61.7 Å². The highest BCUT2D eigenvalue weighted by Crippen LogP contribution is 2.33. The number of aryl methyl sites for hydroxylation is 1. The summed E-state index contributed by atoms with van der Waals surface area (Å²) >= 11 is 1.44. The molecule has 2 aliphatic heterocycles. The van der Waals surface area contributed by atoms with E-state index in [0.717, 1.165) is 4.88 Å². The molecule has 1 unspecified atom stereocenters. The number of ether oxygens (including phenoxy) is 1. The number of nitrogens with one attached hydrogen (secondary N) is 1. The predicted octanol–water partition coefficient (Wildman–Crippen LogP) is 1.92. The van der Waals surface area contributed by atoms with Crippen LogP contribution in [-0.2, 0) is 14.8 Å². The van der Waals surface area contributed by atoms with Gasteiger partial charge in [0.05, 0.1) is 15.5 Å². The Balaban J connectivity index is 1.47. The molecule has 29 heavy (non-hydrogen) atoms. The number of hydrogen-bond acceptors (Lipinski definition) is 6. The molecule has 4 rings (SSSR count). The molecule has 0 spiro atoms. The molecule has 2 aromatic rings. The Labute approximate surface area is 173 Å². The van der Waals surface area contributed by atoms with Crippen molar-refractivity contribution < 1.29 is 22.7 Å². The van der Waals surface area contributed by atoms with E-state index in [0.29, 0.717) is 29.4 Å². The number of carbonyl (C=O) groups excluding carboxylic acids is 2. The largest absolute Gasteiger partial charge is 0.479 e. The fourth-order valence-corrected chi connectivity index (χ4v) is 5.62. The van der Waals surface area contributed by atoms with Crippen LogP contribution < -0.4 is 10.1 Å². The maximum Gasteiger partial charge on any atom is 0.265 e. The predicted molar refractivity (Wildman–Crippen MR) is 109 cm³/mol. The Bertz CT molecular complexity index is 1070. The molecule has 1 aromatic carbocycles. The van der Waals surface area contributed by atoms with Gasteiger partial charge in [0.25, 0.3) is 11.8 Å². The molecule has 2 aliphatic rings. The molecule has 0 aliphatic carbocycles. The first kappa shape index (κ1) is 19.9. The SMILES string of the molecule is Cc1ccc(C(=O)N2CCN(S(=O)(=O)c3ccc4c(c3)NC(=O)C(C)O4)CC2)s1. The third-order valence-electron chi connectivity index (χ3n) is 5.00. The topological polar surface area (TPSA) is 96.0 Å². The van der Waals surface area contributed by atoms with Crippen LogP contribution in [0.3, 0.4) is 0 Å². The summed E-state index contributed by atoms with van der Waals surface area (Å²) in [6, 6.07) is 8.15. The van der Waals surface area contributed by atoms with Crippen LogP contribution in [0.15, 0.2) is 35.2 Å². The van der Waals surface area contributed by atoms with Gasteiger partial charge in [-0.15, -0.1) is 11.3 Å². The van der Waals surface area contributed by atoms with E-state index in [2.05, 4.69) is 5.32 Å². The number of nitrogens with zero attached hydrogens (tertiary/aromatic N) is 2. The lowest BCUT2D eigenvalue weighted by molar-refractivity contribution is -0.122. The van der Waals surface area contributed by atoms with Crippen molar-refractivity contribution in [1.29, 1.82) is 0 Å². The van der Waals surface area contributed by atoms with E-state index < -0.39 is 16.1 Å². The van der Waals surface area contributed by atoms with Crippen LogP contribution in [0.2, 0.25) is 0 Å². The molecule has 1 fully saturated rings. The molecule has 1 N–H and O–H groups in total. The Morgan fingerprint density at radius 3 is 2.55 bits per heavy atom. The van der Waals surface area contributed by atoms with E-state index in [-0.39, 0.29) is 29.8 Å². The second kappa shape index (κ2) is 7.43. The number of hydrogen-bond donors (Lipinski definition) is 1. The molecular weight excluding hydrogens is 414 g/mol. The summed E-state index contributed by atoms with van der Waals surface area (Å²) in [4.78, 5) is 27.9. The summed E-state index contributed by atoms with van der Waals surface area (Å²) < 4.78 is 32.9. The van der Waals surface area contributed by atoms with Crippen molar-refractivity contribution in [2.45, 2.75) is 24.8 Å². The van der Waals surface area contributed by atoms with Gasteiger partial charge in [0, 0.05) is 31.1 Å². The van der Waals surface area contributed by atoms with Crippen molar-refractivity contribution in [3.05, 3.63) is 40.1 Å². The number of thiophene rings is 1. The lowest BCUT2D eigenvalue weighted by Gasteiger charge is -2.34. The summed E-state index contributed by atoms with van der Waals surface area (Å²) in [7, 11) is -3.75. The van der Waals surface area contributed by atoms with Gasteiger partial charge < -0.3 is 15.0 Å².